The van der Waals surface area contributed by atoms with Crippen LogP contribution in [-0.2, 0) is 9.53 Å². The molecule has 3 heteroatoms. The fraction of sp³-hybridized carbons (Fsp3) is 0.857. The van der Waals surface area contributed by atoms with Crippen molar-refractivity contribution < 1.29 is 14.0 Å². The first-order valence-electron chi connectivity index (χ1n) is 10.3. The fourth-order valence-corrected chi connectivity index (χ4v) is 3.28. The van der Waals surface area contributed by atoms with Crippen LogP contribution in [-0.4, -0.2) is 43.2 Å². The van der Waals surface area contributed by atoms with Gasteiger partial charge in [-0.15, -0.1) is 0 Å². The molecule has 0 spiro atoms. The Hall–Kier alpha value is -0.830. The topological polar surface area (TPSA) is 26.3 Å². The second kappa shape index (κ2) is 15.7. The van der Waals surface area contributed by atoms with Crippen molar-refractivity contribution in [3.05, 3.63) is 12.7 Å². The first-order valence-corrected chi connectivity index (χ1v) is 10.3. The highest BCUT2D eigenvalue weighted by Gasteiger charge is 2.26. The van der Waals surface area contributed by atoms with Gasteiger partial charge in [0, 0.05) is 6.08 Å². The number of nitrogens with zero attached hydrogens (tertiary/aromatic N) is 1. The van der Waals surface area contributed by atoms with Gasteiger partial charge in [0.1, 0.15) is 13.2 Å². The van der Waals surface area contributed by atoms with Gasteiger partial charge in [0.05, 0.1) is 19.6 Å². The van der Waals surface area contributed by atoms with Gasteiger partial charge >= 0.3 is 5.97 Å². The molecule has 0 radical (unpaired) electrons. The molecule has 0 atom stereocenters. The van der Waals surface area contributed by atoms with E-state index in [9.17, 15) is 4.79 Å². The van der Waals surface area contributed by atoms with E-state index in [0.29, 0.717) is 6.61 Å². The number of rotatable bonds is 17. The average Bonchev–Trinajstić information content (AvgIpc) is 2.60. The second-order valence-corrected chi connectivity index (χ2v) is 7.08. The summed E-state index contributed by atoms with van der Waals surface area (Å²) in [6, 6.07) is 0. The summed E-state index contributed by atoms with van der Waals surface area (Å²) in [4.78, 5) is 11.3. The van der Waals surface area contributed by atoms with E-state index in [0.717, 1.165) is 11.0 Å². The minimum absolute atomic E-state index is 0.293. The van der Waals surface area contributed by atoms with Crippen LogP contribution < -0.4 is 0 Å². The van der Waals surface area contributed by atoms with E-state index in [1.54, 1.807) is 0 Å². The maximum Gasteiger partial charge on any atom is 0.330 e. The van der Waals surface area contributed by atoms with Gasteiger partial charge in [-0.2, -0.15) is 0 Å². The zero-order valence-corrected chi connectivity index (χ0v) is 16.7. The molecule has 0 heterocycles. The van der Waals surface area contributed by atoms with Crippen LogP contribution in [0.15, 0.2) is 12.7 Å². The minimum Gasteiger partial charge on any atom is -0.457 e. The lowest BCUT2D eigenvalue weighted by Crippen LogP contribution is -2.52. The Morgan fingerprint density at radius 1 is 0.792 bits per heavy atom. The highest BCUT2D eigenvalue weighted by atomic mass is 16.5. The van der Waals surface area contributed by atoms with E-state index in [2.05, 4.69) is 27.4 Å². The molecular formula is C21H42NO2+. The number of quaternary nitrogens is 1. The average molecular weight is 341 g/mol. The Kier molecular flexibility index (Phi) is 15.1. The summed E-state index contributed by atoms with van der Waals surface area (Å²) in [6.07, 6.45) is 14.3. The number of hydrogen-bond acceptors (Lipinski definition) is 2. The predicted octanol–water partition coefficient (Wildman–Crippen LogP) is 5.49. The lowest BCUT2D eigenvalue weighted by molar-refractivity contribution is -0.929. The third kappa shape index (κ3) is 11.7. The molecule has 0 amide bonds. The highest BCUT2D eigenvalue weighted by Crippen LogP contribution is 2.16. The molecule has 3 nitrogen and oxygen atoms in total. The second-order valence-electron chi connectivity index (χ2n) is 7.08. The Labute approximate surface area is 151 Å². The summed E-state index contributed by atoms with van der Waals surface area (Å²) < 4.78 is 6.42. The molecule has 0 aliphatic carbocycles. The Bertz CT molecular complexity index is 307. The molecule has 0 aromatic heterocycles. The van der Waals surface area contributed by atoms with Crippen LogP contribution in [0.5, 0.6) is 0 Å². The molecule has 0 fully saturated rings. The molecule has 24 heavy (non-hydrogen) atoms. The highest BCUT2D eigenvalue weighted by molar-refractivity contribution is 5.81. The number of carbonyl (C=O) groups is 1. The molecule has 142 valence electrons. The molecule has 0 bridgehead atoms. The van der Waals surface area contributed by atoms with E-state index < -0.39 is 0 Å². The lowest BCUT2D eigenvalue weighted by atomic mass is 10.1. The summed E-state index contributed by atoms with van der Waals surface area (Å²) in [5.41, 5.74) is 0. The SMILES string of the molecule is C=CC(=O)OCC[N+](CCCC)(CCCC)CCCCCCCC. The number of unbranched alkanes of at least 4 members (excludes halogenated alkanes) is 7. The van der Waals surface area contributed by atoms with Gasteiger partial charge in [-0.05, 0) is 25.7 Å². The normalized spacial score (nSPS) is 11.5. The summed E-state index contributed by atoms with van der Waals surface area (Å²) in [6.45, 7) is 15.4. The van der Waals surface area contributed by atoms with Crippen LogP contribution >= 0.6 is 0 Å². The molecule has 0 unspecified atom stereocenters. The van der Waals surface area contributed by atoms with Gasteiger partial charge in [-0.25, -0.2) is 4.79 Å². The molecule has 0 saturated heterocycles. The third-order valence-electron chi connectivity index (χ3n) is 4.93. The van der Waals surface area contributed by atoms with Crippen LogP contribution in [0.3, 0.4) is 0 Å². The Morgan fingerprint density at radius 3 is 1.83 bits per heavy atom. The number of esters is 1. The molecule has 0 aliphatic heterocycles. The van der Waals surface area contributed by atoms with Crippen molar-refractivity contribution in [2.75, 3.05) is 32.8 Å². The van der Waals surface area contributed by atoms with E-state index in [4.69, 9.17) is 4.74 Å². The van der Waals surface area contributed by atoms with Gasteiger partial charge in [-0.3, -0.25) is 0 Å². The van der Waals surface area contributed by atoms with Crippen LogP contribution in [0.4, 0.5) is 0 Å². The molecular weight excluding hydrogens is 298 g/mol. The lowest BCUT2D eigenvalue weighted by Gasteiger charge is -2.39. The quantitative estimate of drug-likeness (QED) is 0.151. The van der Waals surface area contributed by atoms with Gasteiger partial charge in [-0.1, -0.05) is 65.9 Å². The van der Waals surface area contributed by atoms with Crippen LogP contribution in [0, 0.1) is 0 Å². The summed E-state index contributed by atoms with van der Waals surface area (Å²) in [5, 5.41) is 0. The Morgan fingerprint density at radius 2 is 1.29 bits per heavy atom. The zero-order chi connectivity index (χ0) is 18.1. The molecule has 0 saturated carbocycles. The standard InChI is InChI=1S/C21H42NO2/c1-5-9-12-13-14-15-18-22(16-10-6-2,17-11-7-3)19-20-24-21(23)8-4/h8H,4-7,9-20H2,1-3H3/q+1. The van der Waals surface area contributed by atoms with E-state index >= 15 is 0 Å². The van der Waals surface area contributed by atoms with Gasteiger partial charge in [0.25, 0.3) is 0 Å². The van der Waals surface area contributed by atoms with Gasteiger partial charge in [0.2, 0.25) is 0 Å². The molecule has 0 aromatic carbocycles. The maximum absolute atomic E-state index is 11.3. The van der Waals surface area contributed by atoms with Gasteiger partial charge < -0.3 is 9.22 Å². The van der Waals surface area contributed by atoms with Crippen molar-refractivity contribution >= 4 is 5.97 Å². The summed E-state index contributed by atoms with van der Waals surface area (Å²) in [7, 11) is 0. The van der Waals surface area contributed by atoms with Crippen LogP contribution in [0.1, 0.15) is 85.0 Å². The fourth-order valence-electron chi connectivity index (χ4n) is 3.28. The predicted molar refractivity (Wildman–Crippen MR) is 104 cm³/mol. The largest absolute Gasteiger partial charge is 0.457 e. The van der Waals surface area contributed by atoms with Crippen molar-refractivity contribution in [1.82, 2.24) is 0 Å². The van der Waals surface area contributed by atoms with E-state index in [-0.39, 0.29) is 5.97 Å². The zero-order valence-electron chi connectivity index (χ0n) is 16.7. The van der Waals surface area contributed by atoms with Crippen molar-refractivity contribution in [2.24, 2.45) is 0 Å². The van der Waals surface area contributed by atoms with Crippen molar-refractivity contribution in [2.45, 2.75) is 85.0 Å². The van der Waals surface area contributed by atoms with Gasteiger partial charge in [0.15, 0.2) is 0 Å². The summed E-state index contributed by atoms with van der Waals surface area (Å²) >= 11 is 0. The smallest absolute Gasteiger partial charge is 0.330 e. The number of hydrogen-bond donors (Lipinski definition) is 0. The molecule has 0 N–H and O–H groups in total. The molecule has 0 aromatic rings. The number of carbonyl (C=O) groups excluding carboxylic acids is 1. The maximum atomic E-state index is 11.3. The van der Waals surface area contributed by atoms with Crippen molar-refractivity contribution in [1.29, 1.82) is 0 Å². The van der Waals surface area contributed by atoms with E-state index in [1.165, 1.54) is 89.9 Å². The first kappa shape index (κ1) is 23.2. The number of ether oxygens (including phenoxy) is 1. The van der Waals surface area contributed by atoms with Crippen LogP contribution in [0.25, 0.3) is 0 Å². The third-order valence-corrected chi connectivity index (χ3v) is 4.93. The monoisotopic (exact) mass is 340 g/mol. The molecule has 0 aliphatic rings. The Balaban J connectivity index is 4.53. The summed E-state index contributed by atoms with van der Waals surface area (Å²) in [5.74, 6) is -0.293. The van der Waals surface area contributed by atoms with E-state index in [1.807, 2.05) is 0 Å². The van der Waals surface area contributed by atoms with Crippen molar-refractivity contribution in [3.8, 4) is 0 Å². The van der Waals surface area contributed by atoms with Crippen molar-refractivity contribution in [3.63, 3.8) is 0 Å². The molecule has 0 rings (SSSR count). The van der Waals surface area contributed by atoms with Crippen LogP contribution in [0.2, 0.25) is 0 Å². The minimum atomic E-state index is -0.293. The first-order chi connectivity index (χ1) is 11.6.